The van der Waals surface area contributed by atoms with Crippen LogP contribution in [0.1, 0.15) is 0 Å². The number of hydrogen-bond donors (Lipinski definition) is 2. The molecule has 0 aliphatic rings. The monoisotopic (exact) mass is 277 g/mol. The number of ether oxygens (including phenoxy) is 1. The highest BCUT2D eigenvalue weighted by molar-refractivity contribution is 7.99. The van der Waals surface area contributed by atoms with Crippen molar-refractivity contribution in [2.75, 3.05) is 19.4 Å². The van der Waals surface area contributed by atoms with Crippen LogP contribution in [-0.2, 0) is 0 Å². The van der Waals surface area contributed by atoms with Crippen LogP contribution in [0.25, 0.3) is 11.3 Å². The molecule has 2 rings (SSSR count). The lowest BCUT2D eigenvalue weighted by Gasteiger charge is -2.05. The van der Waals surface area contributed by atoms with Gasteiger partial charge in [0.15, 0.2) is 5.16 Å². The lowest BCUT2D eigenvalue weighted by Crippen LogP contribution is -2.09. The van der Waals surface area contributed by atoms with Crippen LogP contribution in [0.5, 0.6) is 5.75 Å². The molecule has 0 amide bonds. The number of H-pyrrole nitrogens is 1. The number of hydrogen-bond acceptors (Lipinski definition) is 5. The van der Waals surface area contributed by atoms with Crippen molar-refractivity contribution in [3.8, 4) is 17.0 Å². The first-order chi connectivity index (χ1) is 9.22. The highest BCUT2D eigenvalue weighted by atomic mass is 32.2. The Morgan fingerprint density at radius 3 is 2.74 bits per heavy atom. The molecular formula is C13H15N3O2S. The van der Waals surface area contributed by atoms with E-state index >= 15 is 0 Å². The second kappa shape index (κ2) is 6.40. The first-order valence-electron chi connectivity index (χ1n) is 5.81. The van der Waals surface area contributed by atoms with Crippen LogP contribution in [0.4, 0.5) is 0 Å². The molecule has 0 bridgehead atoms. The molecule has 0 atom stereocenters. The Kier molecular flexibility index (Phi) is 4.59. The van der Waals surface area contributed by atoms with Gasteiger partial charge < -0.3 is 15.5 Å². The summed E-state index contributed by atoms with van der Waals surface area (Å²) in [6.45, 7) is 0.543. The number of thioether (sulfide) groups is 1. The Morgan fingerprint density at radius 1 is 1.37 bits per heavy atom. The number of nitrogens with zero attached hydrogens (tertiary/aromatic N) is 1. The molecule has 0 saturated heterocycles. The zero-order valence-electron chi connectivity index (χ0n) is 10.6. The van der Waals surface area contributed by atoms with Crippen LogP contribution in [0.3, 0.4) is 0 Å². The van der Waals surface area contributed by atoms with Crippen molar-refractivity contribution >= 4 is 11.8 Å². The fourth-order valence-electron chi connectivity index (χ4n) is 1.57. The van der Waals surface area contributed by atoms with Crippen molar-refractivity contribution in [1.82, 2.24) is 9.97 Å². The van der Waals surface area contributed by atoms with Crippen molar-refractivity contribution in [1.29, 1.82) is 0 Å². The van der Waals surface area contributed by atoms with Crippen LogP contribution in [-0.4, -0.2) is 29.4 Å². The highest BCUT2D eigenvalue weighted by Crippen LogP contribution is 2.21. The van der Waals surface area contributed by atoms with Crippen LogP contribution in [0.2, 0.25) is 0 Å². The maximum absolute atomic E-state index is 11.6. The van der Waals surface area contributed by atoms with Gasteiger partial charge in [0.2, 0.25) is 0 Å². The quantitative estimate of drug-likeness (QED) is 0.639. The molecule has 0 fully saturated rings. The van der Waals surface area contributed by atoms with Crippen LogP contribution >= 0.6 is 11.8 Å². The van der Waals surface area contributed by atoms with Crippen molar-refractivity contribution in [3.63, 3.8) is 0 Å². The van der Waals surface area contributed by atoms with E-state index in [0.717, 1.165) is 17.1 Å². The van der Waals surface area contributed by atoms with Gasteiger partial charge >= 0.3 is 0 Å². The van der Waals surface area contributed by atoms with Gasteiger partial charge in [-0.2, -0.15) is 0 Å². The van der Waals surface area contributed by atoms with Gasteiger partial charge in [0, 0.05) is 23.9 Å². The van der Waals surface area contributed by atoms with E-state index in [0.29, 0.717) is 17.4 Å². The minimum atomic E-state index is -0.166. The normalized spacial score (nSPS) is 10.4. The van der Waals surface area contributed by atoms with Crippen LogP contribution in [0, 0.1) is 0 Å². The molecule has 0 spiro atoms. The van der Waals surface area contributed by atoms with Gasteiger partial charge in [-0.1, -0.05) is 11.8 Å². The third-order valence-electron chi connectivity index (χ3n) is 2.46. The summed E-state index contributed by atoms with van der Waals surface area (Å²) in [6, 6.07) is 8.90. The summed E-state index contributed by atoms with van der Waals surface area (Å²) in [5.41, 5.74) is 6.80. The van der Waals surface area contributed by atoms with Gasteiger partial charge in [0.25, 0.3) is 5.56 Å². The average Bonchev–Trinajstić information content (AvgIpc) is 2.44. The summed E-state index contributed by atoms with van der Waals surface area (Å²) in [6.07, 6.45) is 0. The smallest absolute Gasteiger partial charge is 0.252 e. The number of aromatic nitrogens is 2. The van der Waals surface area contributed by atoms with Crippen molar-refractivity contribution in [3.05, 3.63) is 40.7 Å². The lowest BCUT2D eigenvalue weighted by molar-refractivity contribution is 0.415. The predicted molar refractivity (Wildman–Crippen MR) is 76.6 cm³/mol. The molecule has 19 heavy (non-hydrogen) atoms. The number of benzene rings is 1. The summed E-state index contributed by atoms with van der Waals surface area (Å²) in [5, 5.41) is 0.587. The van der Waals surface area contributed by atoms with E-state index < -0.39 is 0 Å². The molecule has 0 unspecified atom stereocenters. The predicted octanol–water partition coefficient (Wildman–Crippen LogP) is 1.50. The summed E-state index contributed by atoms with van der Waals surface area (Å²) in [5.74, 6) is 1.49. The maximum atomic E-state index is 11.6. The summed E-state index contributed by atoms with van der Waals surface area (Å²) < 4.78 is 5.10. The van der Waals surface area contributed by atoms with Gasteiger partial charge in [-0.15, -0.1) is 0 Å². The number of aromatic amines is 1. The minimum absolute atomic E-state index is 0.166. The molecular weight excluding hydrogens is 262 g/mol. The van der Waals surface area contributed by atoms with E-state index in [4.69, 9.17) is 10.5 Å². The highest BCUT2D eigenvalue weighted by Gasteiger charge is 2.04. The summed E-state index contributed by atoms with van der Waals surface area (Å²) in [7, 11) is 1.61. The molecule has 2 aromatic rings. The maximum Gasteiger partial charge on any atom is 0.252 e. The Labute approximate surface area is 115 Å². The van der Waals surface area contributed by atoms with Gasteiger partial charge in [-0.3, -0.25) is 4.79 Å². The molecule has 100 valence electrons. The van der Waals surface area contributed by atoms with Crippen molar-refractivity contribution in [2.24, 2.45) is 5.73 Å². The standard InChI is InChI=1S/C13H15N3O2S/c1-18-10-4-2-9(3-5-10)11-8-12(17)16-13(15-11)19-7-6-14/h2-5,8H,6-7,14H2,1H3,(H,15,16,17). The molecule has 1 aromatic heterocycles. The molecule has 6 heteroatoms. The van der Waals surface area contributed by atoms with Gasteiger partial charge in [0.05, 0.1) is 12.8 Å². The molecule has 1 heterocycles. The minimum Gasteiger partial charge on any atom is -0.497 e. The van der Waals surface area contributed by atoms with Crippen molar-refractivity contribution < 1.29 is 4.74 Å². The van der Waals surface area contributed by atoms with Crippen LogP contribution in [0.15, 0.2) is 40.3 Å². The van der Waals surface area contributed by atoms with E-state index in [9.17, 15) is 4.79 Å². The average molecular weight is 277 g/mol. The molecule has 0 radical (unpaired) electrons. The largest absolute Gasteiger partial charge is 0.497 e. The third kappa shape index (κ3) is 3.59. The molecule has 0 aliphatic heterocycles. The Balaban J connectivity index is 2.32. The zero-order chi connectivity index (χ0) is 13.7. The van der Waals surface area contributed by atoms with E-state index in [1.807, 2.05) is 24.3 Å². The Hall–Kier alpha value is -1.79. The Bertz CT molecular complexity index is 596. The Morgan fingerprint density at radius 2 is 2.11 bits per heavy atom. The lowest BCUT2D eigenvalue weighted by atomic mass is 10.1. The van der Waals surface area contributed by atoms with Gasteiger partial charge in [-0.05, 0) is 24.3 Å². The SMILES string of the molecule is COc1ccc(-c2cc(=O)[nH]c(SCCN)n2)cc1. The molecule has 0 aliphatic carbocycles. The fourth-order valence-corrected chi connectivity index (χ4v) is 2.22. The second-order valence-electron chi connectivity index (χ2n) is 3.80. The van der Waals surface area contributed by atoms with E-state index in [1.165, 1.54) is 17.8 Å². The van der Waals surface area contributed by atoms with Gasteiger partial charge in [0.1, 0.15) is 5.75 Å². The second-order valence-corrected chi connectivity index (χ2v) is 4.89. The van der Waals surface area contributed by atoms with E-state index in [1.54, 1.807) is 7.11 Å². The molecule has 5 nitrogen and oxygen atoms in total. The van der Waals surface area contributed by atoms with E-state index in [-0.39, 0.29) is 5.56 Å². The molecule has 3 N–H and O–H groups in total. The summed E-state index contributed by atoms with van der Waals surface area (Å²) in [4.78, 5) is 18.7. The van der Waals surface area contributed by atoms with E-state index in [2.05, 4.69) is 9.97 Å². The number of rotatable bonds is 5. The number of nitrogens with one attached hydrogen (secondary N) is 1. The fraction of sp³-hybridized carbons (Fsp3) is 0.231. The molecule has 1 aromatic carbocycles. The summed E-state index contributed by atoms with van der Waals surface area (Å²) >= 11 is 1.43. The number of methoxy groups -OCH3 is 1. The first-order valence-corrected chi connectivity index (χ1v) is 6.80. The van der Waals surface area contributed by atoms with Gasteiger partial charge in [-0.25, -0.2) is 4.98 Å². The first kappa shape index (κ1) is 13.6. The zero-order valence-corrected chi connectivity index (χ0v) is 11.4. The van der Waals surface area contributed by atoms with Crippen molar-refractivity contribution in [2.45, 2.75) is 5.16 Å². The molecule has 0 saturated carbocycles. The topological polar surface area (TPSA) is 81.0 Å². The van der Waals surface area contributed by atoms with Crippen LogP contribution < -0.4 is 16.0 Å². The third-order valence-corrected chi connectivity index (χ3v) is 3.37. The number of nitrogens with two attached hydrogens (primary N) is 1.